The molecule has 0 N–H and O–H groups in total. The summed E-state index contributed by atoms with van der Waals surface area (Å²) in [6.45, 7) is 6.79. The smallest absolute Gasteiger partial charge is 0.289 e. The van der Waals surface area contributed by atoms with Crippen molar-refractivity contribution >= 4 is 26.9 Å². The number of hydrogen-bond acceptors (Lipinski definition) is 4. The maximum absolute atomic E-state index is 13.2. The molecule has 0 bridgehead atoms. The monoisotopic (exact) mass is 418 g/mol. The van der Waals surface area contributed by atoms with Gasteiger partial charge in [-0.15, -0.1) is 0 Å². The molecule has 2 aromatic rings. The van der Waals surface area contributed by atoms with Crippen LogP contribution in [0.2, 0.25) is 0 Å². The highest BCUT2D eigenvalue weighted by Gasteiger charge is 2.32. The van der Waals surface area contributed by atoms with Crippen LogP contribution in [0.5, 0.6) is 0 Å². The van der Waals surface area contributed by atoms with Crippen LogP contribution in [0.15, 0.2) is 33.6 Å². The summed E-state index contributed by atoms with van der Waals surface area (Å²) < 4.78 is 33.7. The van der Waals surface area contributed by atoms with Gasteiger partial charge in [0.1, 0.15) is 5.58 Å². The minimum Gasteiger partial charge on any atom is -0.451 e. The first kappa shape index (κ1) is 20.4. The van der Waals surface area contributed by atoms with Crippen LogP contribution < -0.4 is 0 Å². The van der Waals surface area contributed by atoms with Gasteiger partial charge < -0.3 is 9.32 Å². The minimum absolute atomic E-state index is 0.105. The van der Waals surface area contributed by atoms with Gasteiger partial charge in [-0.3, -0.25) is 4.79 Å². The van der Waals surface area contributed by atoms with Crippen molar-refractivity contribution in [3.05, 3.63) is 30.0 Å². The number of carbonyl (C=O) groups excluding carboxylic acids is 1. The van der Waals surface area contributed by atoms with Crippen LogP contribution >= 0.6 is 0 Å². The van der Waals surface area contributed by atoms with Crippen LogP contribution in [-0.2, 0) is 10.0 Å². The minimum atomic E-state index is -3.56. The standard InChI is InChI=1S/C22H30N2O4S/c1-16-11-17(2)15-24(14-16)29(26,27)19-7-8-20-18(12-19)13-21(28-20)22(25)23-9-5-3-4-6-10-23/h7-8,12-13,16-17H,3-6,9-11,14-15H2,1-2H3. The molecule has 0 radical (unpaired) electrons. The summed E-state index contributed by atoms with van der Waals surface area (Å²) in [5.74, 6) is 0.885. The fourth-order valence-corrected chi connectivity index (χ4v) is 6.38. The lowest BCUT2D eigenvalue weighted by molar-refractivity contribution is 0.0732. The molecule has 2 unspecified atom stereocenters. The number of rotatable bonds is 3. The van der Waals surface area contributed by atoms with Crippen LogP contribution in [0.25, 0.3) is 11.0 Å². The molecule has 1 aromatic carbocycles. The zero-order valence-electron chi connectivity index (χ0n) is 17.3. The molecule has 29 heavy (non-hydrogen) atoms. The predicted octanol–water partition coefficient (Wildman–Crippen LogP) is 4.12. The van der Waals surface area contributed by atoms with Gasteiger partial charge in [-0.2, -0.15) is 4.31 Å². The fraction of sp³-hybridized carbons (Fsp3) is 0.591. The van der Waals surface area contributed by atoms with Gasteiger partial charge in [-0.1, -0.05) is 26.7 Å². The lowest BCUT2D eigenvalue weighted by Gasteiger charge is -2.34. The van der Waals surface area contributed by atoms with Gasteiger partial charge in [0.05, 0.1) is 4.90 Å². The highest BCUT2D eigenvalue weighted by molar-refractivity contribution is 7.89. The number of likely N-dealkylation sites (tertiary alicyclic amines) is 1. The van der Waals surface area contributed by atoms with Crippen molar-refractivity contribution < 1.29 is 17.6 Å². The maximum atomic E-state index is 13.2. The normalized spacial score (nSPS) is 24.6. The molecule has 2 fully saturated rings. The Morgan fingerprint density at radius 3 is 2.31 bits per heavy atom. The van der Waals surface area contributed by atoms with Crippen LogP contribution in [0.4, 0.5) is 0 Å². The first-order chi connectivity index (χ1) is 13.8. The number of hydrogen-bond donors (Lipinski definition) is 0. The van der Waals surface area contributed by atoms with Crippen molar-refractivity contribution in [2.45, 2.75) is 50.8 Å². The third kappa shape index (κ3) is 4.21. The van der Waals surface area contributed by atoms with E-state index in [1.54, 1.807) is 28.6 Å². The summed E-state index contributed by atoms with van der Waals surface area (Å²) in [5, 5.41) is 0.655. The number of amides is 1. The zero-order valence-corrected chi connectivity index (χ0v) is 18.1. The van der Waals surface area contributed by atoms with Gasteiger partial charge in [-0.05, 0) is 55.4 Å². The van der Waals surface area contributed by atoms with Gasteiger partial charge in [0, 0.05) is 31.6 Å². The Morgan fingerprint density at radius 1 is 1.00 bits per heavy atom. The molecule has 2 aliphatic heterocycles. The van der Waals surface area contributed by atoms with E-state index in [1.807, 2.05) is 4.90 Å². The van der Waals surface area contributed by atoms with E-state index in [-0.39, 0.29) is 16.6 Å². The van der Waals surface area contributed by atoms with Crippen molar-refractivity contribution in [3.8, 4) is 0 Å². The van der Waals surface area contributed by atoms with E-state index in [0.29, 0.717) is 35.9 Å². The highest BCUT2D eigenvalue weighted by Crippen LogP contribution is 2.29. The van der Waals surface area contributed by atoms with E-state index in [2.05, 4.69) is 13.8 Å². The van der Waals surface area contributed by atoms with Gasteiger partial charge >= 0.3 is 0 Å². The maximum Gasteiger partial charge on any atom is 0.289 e. The largest absolute Gasteiger partial charge is 0.451 e. The summed E-state index contributed by atoms with van der Waals surface area (Å²) in [7, 11) is -3.56. The molecule has 0 aliphatic carbocycles. The van der Waals surface area contributed by atoms with Crippen molar-refractivity contribution in [2.75, 3.05) is 26.2 Å². The lowest BCUT2D eigenvalue weighted by atomic mass is 9.94. The van der Waals surface area contributed by atoms with E-state index >= 15 is 0 Å². The topological polar surface area (TPSA) is 70.8 Å². The predicted molar refractivity (Wildman–Crippen MR) is 112 cm³/mol. The first-order valence-corrected chi connectivity index (χ1v) is 12.1. The molecular weight excluding hydrogens is 388 g/mol. The van der Waals surface area contributed by atoms with Crippen LogP contribution in [0, 0.1) is 11.8 Å². The van der Waals surface area contributed by atoms with E-state index in [0.717, 1.165) is 45.2 Å². The third-order valence-electron chi connectivity index (χ3n) is 6.06. The molecule has 158 valence electrons. The molecule has 7 heteroatoms. The van der Waals surface area contributed by atoms with Gasteiger partial charge in [0.15, 0.2) is 5.76 Å². The number of piperidine rings is 1. The Balaban J connectivity index is 1.60. The summed E-state index contributed by atoms with van der Waals surface area (Å²) in [6.07, 6.45) is 5.38. The van der Waals surface area contributed by atoms with Crippen molar-refractivity contribution in [1.82, 2.24) is 9.21 Å². The second-order valence-electron chi connectivity index (χ2n) is 8.78. The fourth-order valence-electron chi connectivity index (χ4n) is 4.67. The highest BCUT2D eigenvalue weighted by atomic mass is 32.2. The SMILES string of the molecule is CC1CC(C)CN(S(=O)(=O)c2ccc3oc(C(=O)N4CCCCCC4)cc3c2)C1. The Hall–Kier alpha value is -1.86. The summed E-state index contributed by atoms with van der Waals surface area (Å²) in [4.78, 5) is 14.9. The van der Waals surface area contributed by atoms with Crippen LogP contribution in [0.3, 0.4) is 0 Å². The molecule has 2 saturated heterocycles. The molecule has 1 amide bonds. The van der Waals surface area contributed by atoms with E-state index in [1.165, 1.54) is 0 Å². The summed E-state index contributed by atoms with van der Waals surface area (Å²) in [5.41, 5.74) is 0.544. The number of benzene rings is 1. The average molecular weight is 419 g/mol. The van der Waals surface area contributed by atoms with Crippen molar-refractivity contribution in [2.24, 2.45) is 11.8 Å². The van der Waals surface area contributed by atoms with E-state index in [9.17, 15) is 13.2 Å². The Bertz CT molecular complexity index is 979. The number of fused-ring (bicyclic) bond motifs is 1. The Morgan fingerprint density at radius 2 is 1.66 bits per heavy atom. The molecule has 2 aliphatic rings. The van der Waals surface area contributed by atoms with Gasteiger partial charge in [0.2, 0.25) is 10.0 Å². The third-order valence-corrected chi connectivity index (χ3v) is 7.89. The molecule has 0 saturated carbocycles. The number of nitrogens with zero attached hydrogens (tertiary/aromatic N) is 2. The van der Waals surface area contributed by atoms with Crippen molar-refractivity contribution in [3.63, 3.8) is 0 Å². The van der Waals surface area contributed by atoms with Crippen molar-refractivity contribution in [1.29, 1.82) is 0 Å². The van der Waals surface area contributed by atoms with Crippen LogP contribution in [0.1, 0.15) is 56.5 Å². The summed E-state index contributed by atoms with van der Waals surface area (Å²) in [6, 6.07) is 6.57. The zero-order chi connectivity index (χ0) is 20.6. The Kier molecular flexibility index (Phi) is 5.71. The molecule has 0 spiro atoms. The molecule has 2 atom stereocenters. The number of carbonyl (C=O) groups is 1. The van der Waals surface area contributed by atoms with E-state index in [4.69, 9.17) is 4.42 Å². The van der Waals surface area contributed by atoms with Gasteiger partial charge in [0.25, 0.3) is 5.91 Å². The first-order valence-electron chi connectivity index (χ1n) is 10.7. The van der Waals surface area contributed by atoms with E-state index < -0.39 is 10.0 Å². The molecule has 3 heterocycles. The quantitative estimate of drug-likeness (QED) is 0.752. The molecule has 4 rings (SSSR count). The second kappa shape index (κ2) is 8.11. The Labute approximate surface area is 172 Å². The summed E-state index contributed by atoms with van der Waals surface area (Å²) >= 11 is 0. The molecule has 1 aromatic heterocycles. The number of furan rings is 1. The average Bonchev–Trinajstić information content (AvgIpc) is 2.91. The lowest BCUT2D eigenvalue weighted by Crippen LogP contribution is -2.42. The molecule has 6 nitrogen and oxygen atoms in total. The number of sulfonamides is 1. The van der Waals surface area contributed by atoms with Gasteiger partial charge in [-0.25, -0.2) is 8.42 Å². The van der Waals surface area contributed by atoms with Crippen LogP contribution in [-0.4, -0.2) is 49.7 Å². The molecular formula is C22H30N2O4S. The second-order valence-corrected chi connectivity index (χ2v) is 10.7.